The Bertz CT molecular complexity index is 1060. The number of aryl methyl sites for hydroxylation is 1. The van der Waals surface area contributed by atoms with Crippen LogP contribution >= 0.6 is 11.6 Å². The van der Waals surface area contributed by atoms with Crippen LogP contribution in [0.1, 0.15) is 49.3 Å². The first kappa shape index (κ1) is 27.5. The Labute approximate surface area is 207 Å². The third kappa shape index (κ3) is 9.97. The molecule has 1 unspecified atom stereocenters. The molecule has 1 aromatic carbocycles. The second-order valence-electron chi connectivity index (χ2n) is 7.92. The van der Waals surface area contributed by atoms with Crippen molar-refractivity contribution in [1.82, 2.24) is 15.6 Å². The summed E-state index contributed by atoms with van der Waals surface area (Å²) in [5.41, 5.74) is 0.942. The summed E-state index contributed by atoms with van der Waals surface area (Å²) < 4.78 is 0. The summed E-state index contributed by atoms with van der Waals surface area (Å²) in [5.74, 6) is -1.31. The van der Waals surface area contributed by atoms with Crippen LogP contribution in [0.2, 0.25) is 5.02 Å². The molecule has 0 aliphatic rings. The Morgan fingerprint density at radius 1 is 1.14 bits per heavy atom. The number of nitro benzene ring substituents is 1. The fourth-order valence-electron chi connectivity index (χ4n) is 3.26. The lowest BCUT2D eigenvalue weighted by molar-refractivity contribution is -0.384. The van der Waals surface area contributed by atoms with Crippen molar-refractivity contribution in [3.8, 4) is 0 Å². The summed E-state index contributed by atoms with van der Waals surface area (Å²) in [5, 5.41) is 28.4. The van der Waals surface area contributed by atoms with E-state index in [2.05, 4.69) is 20.9 Å². The van der Waals surface area contributed by atoms with E-state index in [-0.39, 0.29) is 29.5 Å². The third-order valence-electron chi connectivity index (χ3n) is 5.03. The molecule has 1 heterocycles. The molecule has 188 valence electrons. The van der Waals surface area contributed by atoms with Gasteiger partial charge in [0, 0.05) is 25.2 Å². The summed E-state index contributed by atoms with van der Waals surface area (Å²) in [6, 6.07) is 6.64. The molecule has 0 spiro atoms. The highest BCUT2D eigenvalue weighted by Crippen LogP contribution is 2.29. The lowest BCUT2D eigenvalue weighted by Gasteiger charge is -2.18. The van der Waals surface area contributed by atoms with Gasteiger partial charge in [-0.3, -0.25) is 24.5 Å². The number of carboxylic acids is 1. The van der Waals surface area contributed by atoms with Gasteiger partial charge in [0.2, 0.25) is 11.8 Å². The van der Waals surface area contributed by atoms with Crippen molar-refractivity contribution in [3.05, 3.63) is 62.8 Å². The number of unbranched alkanes of at least 4 members (excludes halogenated alkanes) is 2. The second-order valence-corrected chi connectivity index (χ2v) is 8.33. The van der Waals surface area contributed by atoms with Gasteiger partial charge in [-0.05, 0) is 49.1 Å². The molecule has 4 N–H and O–H groups in total. The van der Waals surface area contributed by atoms with E-state index >= 15 is 0 Å². The van der Waals surface area contributed by atoms with Gasteiger partial charge in [-0.1, -0.05) is 24.1 Å². The molecule has 0 aliphatic heterocycles. The van der Waals surface area contributed by atoms with Crippen molar-refractivity contribution in [2.45, 2.75) is 45.1 Å². The SMILES string of the molecule is Cc1ccnc(NCCCCCC(=O)NCC(=O)NC(CC(=O)O)c2ccc(Cl)c([N+](=O)[O-])c2)c1. The minimum absolute atomic E-state index is 0.103. The van der Waals surface area contributed by atoms with E-state index in [4.69, 9.17) is 16.7 Å². The van der Waals surface area contributed by atoms with Crippen molar-refractivity contribution in [2.24, 2.45) is 0 Å². The summed E-state index contributed by atoms with van der Waals surface area (Å²) in [6.45, 7) is 2.38. The van der Waals surface area contributed by atoms with Gasteiger partial charge in [0.25, 0.3) is 5.69 Å². The van der Waals surface area contributed by atoms with E-state index in [1.165, 1.54) is 12.1 Å². The van der Waals surface area contributed by atoms with Crippen molar-refractivity contribution >= 4 is 40.9 Å². The van der Waals surface area contributed by atoms with Crippen molar-refractivity contribution in [2.75, 3.05) is 18.4 Å². The molecular formula is C23H28ClN5O6. The largest absolute Gasteiger partial charge is 0.481 e. The average molecular weight is 506 g/mol. The number of pyridine rings is 1. The highest BCUT2D eigenvalue weighted by Gasteiger charge is 2.22. The van der Waals surface area contributed by atoms with Gasteiger partial charge >= 0.3 is 5.97 Å². The number of aliphatic carboxylic acids is 1. The van der Waals surface area contributed by atoms with Crippen LogP contribution in [0.15, 0.2) is 36.5 Å². The predicted octanol–water partition coefficient (Wildman–Crippen LogP) is 3.37. The molecule has 2 rings (SSSR count). The summed E-state index contributed by atoms with van der Waals surface area (Å²) in [7, 11) is 0. The van der Waals surface area contributed by atoms with Crippen LogP contribution in [0, 0.1) is 17.0 Å². The van der Waals surface area contributed by atoms with Crippen LogP contribution in [-0.2, 0) is 14.4 Å². The van der Waals surface area contributed by atoms with E-state index in [1.54, 1.807) is 6.20 Å². The summed E-state index contributed by atoms with van der Waals surface area (Å²) >= 11 is 5.80. The lowest BCUT2D eigenvalue weighted by atomic mass is 10.0. The number of nitrogens with one attached hydrogen (secondary N) is 3. The monoisotopic (exact) mass is 505 g/mol. The fraction of sp³-hybridized carbons (Fsp3) is 0.391. The van der Waals surface area contributed by atoms with Gasteiger partial charge in [-0.15, -0.1) is 0 Å². The van der Waals surface area contributed by atoms with Crippen LogP contribution in [-0.4, -0.2) is 45.9 Å². The molecule has 0 aliphatic carbocycles. The predicted molar refractivity (Wildman–Crippen MR) is 130 cm³/mol. The smallest absolute Gasteiger partial charge is 0.305 e. The molecule has 0 fully saturated rings. The van der Waals surface area contributed by atoms with Crippen LogP contribution in [0.3, 0.4) is 0 Å². The van der Waals surface area contributed by atoms with Gasteiger partial charge in [0.05, 0.1) is 23.9 Å². The number of carbonyl (C=O) groups is 3. The number of amides is 2. The number of halogens is 1. The van der Waals surface area contributed by atoms with Crippen molar-refractivity contribution in [1.29, 1.82) is 0 Å². The quantitative estimate of drug-likeness (QED) is 0.172. The first-order valence-electron chi connectivity index (χ1n) is 11.0. The molecule has 11 nitrogen and oxygen atoms in total. The van der Waals surface area contributed by atoms with E-state index in [9.17, 15) is 24.5 Å². The minimum atomic E-state index is -1.20. The molecule has 0 radical (unpaired) electrons. The maximum absolute atomic E-state index is 12.3. The highest BCUT2D eigenvalue weighted by molar-refractivity contribution is 6.32. The maximum Gasteiger partial charge on any atom is 0.305 e. The van der Waals surface area contributed by atoms with Crippen LogP contribution in [0.5, 0.6) is 0 Å². The van der Waals surface area contributed by atoms with E-state index in [0.29, 0.717) is 6.42 Å². The highest BCUT2D eigenvalue weighted by atomic mass is 35.5. The van der Waals surface area contributed by atoms with E-state index in [0.717, 1.165) is 36.8 Å². The van der Waals surface area contributed by atoms with Crippen LogP contribution < -0.4 is 16.0 Å². The zero-order chi connectivity index (χ0) is 25.8. The normalized spacial score (nSPS) is 11.4. The maximum atomic E-state index is 12.3. The molecule has 12 heteroatoms. The molecule has 1 aromatic heterocycles. The number of nitrogens with zero attached hydrogens (tertiary/aromatic N) is 2. The molecule has 0 bridgehead atoms. The zero-order valence-corrected chi connectivity index (χ0v) is 20.0. The molecule has 35 heavy (non-hydrogen) atoms. The van der Waals surface area contributed by atoms with E-state index in [1.807, 2.05) is 19.1 Å². The molecular weight excluding hydrogens is 478 g/mol. The first-order valence-corrected chi connectivity index (χ1v) is 11.4. The lowest BCUT2D eigenvalue weighted by Crippen LogP contribution is -2.39. The molecule has 2 aromatic rings. The first-order chi connectivity index (χ1) is 16.7. The number of rotatable bonds is 14. The Balaban J connectivity index is 1.74. The van der Waals surface area contributed by atoms with Crippen molar-refractivity contribution in [3.63, 3.8) is 0 Å². The minimum Gasteiger partial charge on any atom is -0.481 e. The van der Waals surface area contributed by atoms with Crippen molar-refractivity contribution < 1.29 is 24.4 Å². The molecule has 2 amide bonds. The molecule has 0 saturated heterocycles. The summed E-state index contributed by atoms with van der Waals surface area (Å²) in [4.78, 5) is 50.2. The number of carbonyl (C=O) groups excluding carboxylic acids is 2. The van der Waals surface area contributed by atoms with Gasteiger partial charge in [0.15, 0.2) is 0 Å². The van der Waals surface area contributed by atoms with Crippen LogP contribution in [0.4, 0.5) is 11.5 Å². The van der Waals surface area contributed by atoms with Gasteiger partial charge < -0.3 is 21.1 Å². The van der Waals surface area contributed by atoms with Gasteiger partial charge in [-0.25, -0.2) is 4.98 Å². The van der Waals surface area contributed by atoms with Gasteiger partial charge in [-0.2, -0.15) is 0 Å². The number of aromatic nitrogens is 1. The third-order valence-corrected chi connectivity index (χ3v) is 5.35. The second kappa shape index (κ2) is 13.9. The number of hydrogen-bond donors (Lipinski definition) is 4. The van der Waals surface area contributed by atoms with E-state index < -0.39 is 34.9 Å². The number of hydrogen-bond acceptors (Lipinski definition) is 7. The van der Waals surface area contributed by atoms with Crippen LogP contribution in [0.25, 0.3) is 0 Å². The fourth-order valence-corrected chi connectivity index (χ4v) is 3.45. The molecule has 0 saturated carbocycles. The number of nitro groups is 1. The Morgan fingerprint density at radius 2 is 1.91 bits per heavy atom. The standard InChI is InChI=1S/C23H28ClN5O6/c1-15-8-10-26-20(11-15)25-9-4-2-3-5-21(30)27-14-22(31)28-18(13-23(32)33)16-6-7-17(24)19(12-16)29(34)35/h6-8,10-12,18H,2-5,9,13-14H2,1H3,(H,25,26)(H,27,30)(H,28,31)(H,32,33). The number of anilines is 1. The topological polar surface area (TPSA) is 164 Å². The molecule has 1 atom stereocenters. The summed E-state index contributed by atoms with van der Waals surface area (Å²) in [6.07, 6.45) is 3.80. The Hall–Kier alpha value is -3.73. The number of benzene rings is 1. The zero-order valence-electron chi connectivity index (χ0n) is 19.3. The number of carboxylic acid groups (broad SMARTS) is 1. The average Bonchev–Trinajstić information content (AvgIpc) is 2.79. The Morgan fingerprint density at radius 3 is 2.60 bits per heavy atom. The Kier molecular flexibility index (Phi) is 10.9. The van der Waals surface area contributed by atoms with Gasteiger partial charge in [0.1, 0.15) is 10.8 Å².